The first-order chi connectivity index (χ1) is 7.52. The van der Waals surface area contributed by atoms with Gasteiger partial charge in [0.05, 0.1) is 11.5 Å². The number of piperidine rings is 1. The maximum Gasteiger partial charge on any atom is 0.229 e. The molecule has 0 bridgehead atoms. The summed E-state index contributed by atoms with van der Waals surface area (Å²) in [4.78, 5) is 14.0. The summed E-state index contributed by atoms with van der Waals surface area (Å²) < 4.78 is 0. The number of carbonyl (C=O) groups is 1. The second-order valence-electron chi connectivity index (χ2n) is 4.95. The lowest BCUT2D eigenvalue weighted by molar-refractivity contribution is -0.143. The summed E-state index contributed by atoms with van der Waals surface area (Å²) in [5.41, 5.74) is -0.248. The van der Waals surface area contributed by atoms with Crippen molar-refractivity contribution in [3.8, 4) is 0 Å². The summed E-state index contributed by atoms with van der Waals surface area (Å²) in [5.74, 6) is 0.170. The van der Waals surface area contributed by atoms with Gasteiger partial charge in [0, 0.05) is 20.1 Å². The molecule has 2 unspecified atom stereocenters. The molecule has 2 N–H and O–H groups in total. The summed E-state index contributed by atoms with van der Waals surface area (Å²) in [5, 5.41) is 12.6. The molecular formula is C12H24N2O2. The number of aliphatic hydroxyl groups excluding tert-OH is 1. The first-order valence-corrected chi connectivity index (χ1v) is 6.16. The lowest BCUT2D eigenvalue weighted by Crippen LogP contribution is -2.51. The summed E-state index contributed by atoms with van der Waals surface area (Å²) in [7, 11) is 1.78. The molecule has 4 heteroatoms. The minimum atomic E-state index is -0.459. The molecule has 0 spiro atoms. The predicted octanol–water partition coefficient (Wildman–Crippen LogP) is 0.605. The number of likely N-dealkylation sites (N-methyl/N-ethyl adjacent to an activating group) is 1. The van der Waals surface area contributed by atoms with E-state index in [0.717, 1.165) is 32.4 Å². The molecule has 16 heavy (non-hydrogen) atoms. The Morgan fingerprint density at radius 2 is 2.31 bits per heavy atom. The minimum Gasteiger partial charge on any atom is -0.392 e. The fourth-order valence-corrected chi connectivity index (χ4v) is 2.49. The van der Waals surface area contributed by atoms with Crippen LogP contribution >= 0.6 is 0 Å². The van der Waals surface area contributed by atoms with Gasteiger partial charge in [-0.15, -0.1) is 0 Å². The van der Waals surface area contributed by atoms with E-state index in [9.17, 15) is 9.90 Å². The molecule has 1 aliphatic rings. The van der Waals surface area contributed by atoms with E-state index in [1.807, 2.05) is 0 Å². The van der Waals surface area contributed by atoms with Gasteiger partial charge in [-0.1, -0.05) is 6.92 Å². The van der Waals surface area contributed by atoms with E-state index >= 15 is 0 Å². The number of nitrogens with zero attached hydrogens (tertiary/aromatic N) is 1. The number of aliphatic hydroxyl groups is 1. The van der Waals surface area contributed by atoms with Crippen molar-refractivity contribution in [3.63, 3.8) is 0 Å². The van der Waals surface area contributed by atoms with E-state index in [4.69, 9.17) is 0 Å². The lowest BCUT2D eigenvalue weighted by atomic mass is 9.77. The normalized spacial score (nSPS) is 27.5. The van der Waals surface area contributed by atoms with Crippen LogP contribution in [0.4, 0.5) is 0 Å². The Labute approximate surface area is 98.0 Å². The monoisotopic (exact) mass is 228 g/mol. The summed E-state index contributed by atoms with van der Waals surface area (Å²) in [6, 6.07) is 0. The molecule has 0 radical (unpaired) electrons. The molecule has 94 valence electrons. The zero-order valence-corrected chi connectivity index (χ0v) is 10.6. The SMILES string of the molecule is CCC1(C(=O)N(C)CC(C)O)CCCNC1. The molecule has 2 atom stereocenters. The highest BCUT2D eigenvalue weighted by molar-refractivity contribution is 5.83. The molecular weight excluding hydrogens is 204 g/mol. The van der Waals surface area contributed by atoms with Gasteiger partial charge in [0.2, 0.25) is 5.91 Å². The highest BCUT2D eigenvalue weighted by atomic mass is 16.3. The Morgan fingerprint density at radius 1 is 1.62 bits per heavy atom. The van der Waals surface area contributed by atoms with Crippen molar-refractivity contribution in [2.75, 3.05) is 26.7 Å². The third kappa shape index (κ3) is 2.95. The molecule has 1 rings (SSSR count). The Kier molecular flexibility index (Phi) is 4.74. The maximum absolute atomic E-state index is 12.4. The van der Waals surface area contributed by atoms with E-state index < -0.39 is 6.10 Å². The number of hydrogen-bond donors (Lipinski definition) is 2. The van der Waals surface area contributed by atoms with Crippen molar-refractivity contribution in [1.29, 1.82) is 0 Å². The summed E-state index contributed by atoms with van der Waals surface area (Å²) in [6.07, 6.45) is 2.42. The minimum absolute atomic E-state index is 0.170. The van der Waals surface area contributed by atoms with Crippen LogP contribution in [0.2, 0.25) is 0 Å². The van der Waals surface area contributed by atoms with E-state index in [2.05, 4.69) is 12.2 Å². The van der Waals surface area contributed by atoms with Gasteiger partial charge in [-0.05, 0) is 32.7 Å². The average molecular weight is 228 g/mol. The number of amides is 1. The van der Waals surface area contributed by atoms with Crippen molar-refractivity contribution < 1.29 is 9.90 Å². The van der Waals surface area contributed by atoms with Gasteiger partial charge < -0.3 is 15.3 Å². The maximum atomic E-state index is 12.4. The number of rotatable bonds is 4. The van der Waals surface area contributed by atoms with E-state index in [0.29, 0.717) is 6.54 Å². The van der Waals surface area contributed by atoms with Crippen LogP contribution in [0.3, 0.4) is 0 Å². The molecule has 1 fully saturated rings. The van der Waals surface area contributed by atoms with Gasteiger partial charge >= 0.3 is 0 Å². The zero-order chi connectivity index (χ0) is 12.2. The first-order valence-electron chi connectivity index (χ1n) is 6.16. The van der Waals surface area contributed by atoms with Crippen molar-refractivity contribution >= 4 is 5.91 Å². The van der Waals surface area contributed by atoms with E-state index in [-0.39, 0.29) is 11.3 Å². The van der Waals surface area contributed by atoms with Gasteiger partial charge in [0.1, 0.15) is 0 Å². The number of carbonyl (C=O) groups excluding carboxylic acids is 1. The van der Waals surface area contributed by atoms with Crippen LogP contribution in [0.1, 0.15) is 33.1 Å². The second kappa shape index (κ2) is 5.64. The molecule has 1 amide bonds. The quantitative estimate of drug-likeness (QED) is 0.741. The van der Waals surface area contributed by atoms with Gasteiger partial charge in [0.15, 0.2) is 0 Å². The molecule has 0 saturated carbocycles. The van der Waals surface area contributed by atoms with Crippen LogP contribution in [-0.4, -0.2) is 48.7 Å². The second-order valence-corrected chi connectivity index (χ2v) is 4.95. The molecule has 0 aromatic carbocycles. The lowest BCUT2D eigenvalue weighted by Gasteiger charge is -2.38. The summed E-state index contributed by atoms with van der Waals surface area (Å²) >= 11 is 0. The van der Waals surface area contributed by atoms with Gasteiger partial charge in [0.25, 0.3) is 0 Å². The van der Waals surface area contributed by atoms with Gasteiger partial charge in [-0.25, -0.2) is 0 Å². The van der Waals surface area contributed by atoms with E-state index in [1.54, 1.807) is 18.9 Å². The topological polar surface area (TPSA) is 52.6 Å². The first kappa shape index (κ1) is 13.5. The Morgan fingerprint density at radius 3 is 2.75 bits per heavy atom. The van der Waals surface area contributed by atoms with Crippen LogP contribution in [0.5, 0.6) is 0 Å². The third-order valence-electron chi connectivity index (χ3n) is 3.49. The molecule has 1 heterocycles. The molecule has 1 saturated heterocycles. The van der Waals surface area contributed by atoms with Crippen LogP contribution in [0.25, 0.3) is 0 Å². The number of hydrogen-bond acceptors (Lipinski definition) is 3. The van der Waals surface area contributed by atoms with Crippen molar-refractivity contribution in [1.82, 2.24) is 10.2 Å². The highest BCUT2D eigenvalue weighted by Crippen LogP contribution is 2.31. The van der Waals surface area contributed by atoms with Gasteiger partial charge in [-0.2, -0.15) is 0 Å². The molecule has 0 aromatic heterocycles. The average Bonchev–Trinajstić information content (AvgIpc) is 2.28. The Balaban J connectivity index is 2.67. The Hall–Kier alpha value is -0.610. The highest BCUT2D eigenvalue weighted by Gasteiger charge is 2.39. The third-order valence-corrected chi connectivity index (χ3v) is 3.49. The van der Waals surface area contributed by atoms with Crippen molar-refractivity contribution in [3.05, 3.63) is 0 Å². The molecule has 4 nitrogen and oxygen atoms in total. The van der Waals surface area contributed by atoms with Crippen LogP contribution in [-0.2, 0) is 4.79 Å². The predicted molar refractivity (Wildman–Crippen MR) is 64.1 cm³/mol. The smallest absolute Gasteiger partial charge is 0.229 e. The number of nitrogens with one attached hydrogen (secondary N) is 1. The van der Waals surface area contributed by atoms with Gasteiger partial charge in [-0.3, -0.25) is 4.79 Å². The van der Waals surface area contributed by atoms with Crippen molar-refractivity contribution in [2.45, 2.75) is 39.2 Å². The van der Waals surface area contributed by atoms with Crippen LogP contribution in [0.15, 0.2) is 0 Å². The molecule has 0 aliphatic carbocycles. The van der Waals surface area contributed by atoms with Crippen LogP contribution < -0.4 is 5.32 Å². The van der Waals surface area contributed by atoms with Crippen molar-refractivity contribution in [2.24, 2.45) is 5.41 Å². The zero-order valence-electron chi connectivity index (χ0n) is 10.6. The van der Waals surface area contributed by atoms with Crippen LogP contribution in [0, 0.1) is 5.41 Å². The fourth-order valence-electron chi connectivity index (χ4n) is 2.49. The van der Waals surface area contributed by atoms with E-state index in [1.165, 1.54) is 0 Å². The fraction of sp³-hybridized carbons (Fsp3) is 0.917. The Bertz CT molecular complexity index is 235. The molecule has 1 aliphatic heterocycles. The largest absolute Gasteiger partial charge is 0.392 e. The summed E-state index contributed by atoms with van der Waals surface area (Å²) in [6.45, 7) is 5.98. The molecule has 0 aromatic rings. The standard InChI is InChI=1S/C12H24N2O2/c1-4-12(6-5-7-13-9-12)11(16)14(3)8-10(2)15/h10,13,15H,4-9H2,1-3H3.